The number of carboxylic acid groups (broad SMARTS) is 1. The van der Waals surface area contributed by atoms with Crippen molar-refractivity contribution in [3.63, 3.8) is 0 Å². The number of amides is 1. The van der Waals surface area contributed by atoms with Crippen molar-refractivity contribution in [3.8, 4) is 17.6 Å². The summed E-state index contributed by atoms with van der Waals surface area (Å²) in [6.45, 7) is 3.32. The number of hydrogen-bond donors (Lipinski definition) is 1. The lowest BCUT2D eigenvalue weighted by Gasteiger charge is -2.28. The maximum absolute atomic E-state index is 13.4. The van der Waals surface area contributed by atoms with Crippen LogP contribution in [0.1, 0.15) is 81.6 Å². The average molecular weight is 463 g/mol. The van der Waals surface area contributed by atoms with Crippen LogP contribution in [0, 0.1) is 17.8 Å². The molecular weight excluding hydrogens is 426 g/mol. The smallest absolute Gasteiger partial charge is 0.303 e. The lowest BCUT2D eigenvalue weighted by atomic mass is 9.86. The second kappa shape index (κ2) is 12.8. The van der Waals surface area contributed by atoms with E-state index >= 15 is 0 Å². The molecule has 1 fully saturated rings. The molecule has 0 aromatic heterocycles. The summed E-state index contributed by atoms with van der Waals surface area (Å²) >= 11 is 0. The minimum absolute atomic E-state index is 0.158. The van der Waals surface area contributed by atoms with Crippen LogP contribution in [0.15, 0.2) is 48.5 Å². The zero-order valence-electron chi connectivity index (χ0n) is 21.1. The summed E-state index contributed by atoms with van der Waals surface area (Å²) in [7, 11) is 0. The van der Waals surface area contributed by atoms with Gasteiger partial charge in [-0.15, -0.1) is 0 Å². The van der Waals surface area contributed by atoms with Crippen LogP contribution in [-0.4, -0.2) is 34.5 Å². The fraction of sp³-hybridized carbons (Fsp3) is 0.448. The first-order valence-corrected chi connectivity index (χ1v) is 12.2. The van der Waals surface area contributed by atoms with Crippen molar-refractivity contribution < 1.29 is 20.8 Å². The van der Waals surface area contributed by atoms with Gasteiger partial charge >= 0.3 is 5.97 Å². The van der Waals surface area contributed by atoms with Crippen LogP contribution >= 0.6 is 0 Å². The molecule has 1 atom stereocenters. The number of unbranched alkanes of at least 4 members (excludes halogenated alkanes) is 2. The SMILES string of the molecule is [2H]C(c1ccccc1OCCCCCC(=O)O)N(C(=O)c1ccc(C#CC2CCC2)cc1)C(C)C. The predicted molar refractivity (Wildman–Crippen MR) is 134 cm³/mol. The molecule has 5 nitrogen and oxygen atoms in total. The van der Waals surface area contributed by atoms with E-state index in [4.69, 9.17) is 11.2 Å². The van der Waals surface area contributed by atoms with Crippen molar-refractivity contribution in [2.45, 2.75) is 71.4 Å². The highest BCUT2D eigenvalue weighted by Gasteiger charge is 2.21. The topological polar surface area (TPSA) is 66.8 Å². The Morgan fingerprint density at radius 2 is 1.85 bits per heavy atom. The highest BCUT2D eigenvalue weighted by molar-refractivity contribution is 5.94. The molecule has 2 aromatic carbocycles. The van der Waals surface area contributed by atoms with E-state index in [1.807, 2.05) is 50.2 Å². The van der Waals surface area contributed by atoms with Gasteiger partial charge in [0.2, 0.25) is 0 Å². The number of aliphatic carboxylic acids is 1. The third kappa shape index (κ3) is 7.66. The van der Waals surface area contributed by atoms with E-state index < -0.39 is 12.5 Å². The number of carbonyl (C=O) groups is 2. The first-order valence-electron chi connectivity index (χ1n) is 12.7. The summed E-state index contributed by atoms with van der Waals surface area (Å²) in [6.07, 6.45) is 5.87. The molecule has 180 valence electrons. The van der Waals surface area contributed by atoms with Gasteiger partial charge < -0.3 is 14.7 Å². The molecule has 3 rings (SSSR count). The standard InChI is InChI=1S/C29H35NO4/c1-22(2)30(29(33)25-18-16-24(17-19-25)15-14-23-9-8-10-23)21-26-11-5-6-12-27(26)34-20-7-3-4-13-28(31)32/h5-6,11-12,16-19,22-23H,3-4,7-10,13,20-21H2,1-2H3,(H,31,32)/i21D. The maximum atomic E-state index is 13.4. The molecule has 5 heteroatoms. The zero-order valence-corrected chi connectivity index (χ0v) is 20.1. The Morgan fingerprint density at radius 1 is 1.12 bits per heavy atom. The molecule has 0 saturated heterocycles. The van der Waals surface area contributed by atoms with Crippen molar-refractivity contribution in [1.29, 1.82) is 0 Å². The van der Waals surface area contributed by atoms with Crippen LogP contribution < -0.4 is 4.74 Å². The molecule has 0 aliphatic heterocycles. The summed E-state index contributed by atoms with van der Waals surface area (Å²) in [5.41, 5.74) is 2.05. The number of nitrogens with zero attached hydrogens (tertiary/aromatic N) is 1. The molecule has 0 heterocycles. The van der Waals surface area contributed by atoms with Gasteiger partial charge in [0.1, 0.15) is 5.75 Å². The van der Waals surface area contributed by atoms with Gasteiger partial charge in [-0.2, -0.15) is 0 Å². The molecule has 0 radical (unpaired) electrons. The molecule has 1 amide bonds. The Hall–Kier alpha value is -3.26. The highest BCUT2D eigenvalue weighted by Crippen LogP contribution is 2.25. The number of benzene rings is 2. The monoisotopic (exact) mass is 462 g/mol. The van der Waals surface area contributed by atoms with E-state index in [9.17, 15) is 9.59 Å². The molecule has 0 spiro atoms. The van der Waals surface area contributed by atoms with Gasteiger partial charge in [0.15, 0.2) is 0 Å². The summed E-state index contributed by atoms with van der Waals surface area (Å²) in [5.74, 6) is 6.57. The number of hydrogen-bond acceptors (Lipinski definition) is 3. The quantitative estimate of drug-likeness (QED) is 0.333. The zero-order chi connectivity index (χ0) is 25.2. The minimum Gasteiger partial charge on any atom is -0.493 e. The van der Waals surface area contributed by atoms with Gasteiger partial charge in [0, 0.05) is 41.6 Å². The molecule has 1 unspecified atom stereocenters. The lowest BCUT2D eigenvalue weighted by molar-refractivity contribution is -0.137. The summed E-state index contributed by atoms with van der Waals surface area (Å²) in [5, 5.41) is 8.75. The number of para-hydroxylation sites is 1. The molecule has 2 aromatic rings. The Kier molecular flexibility index (Phi) is 9.02. The maximum Gasteiger partial charge on any atom is 0.303 e. The molecule has 1 aliphatic carbocycles. The summed E-state index contributed by atoms with van der Waals surface area (Å²) < 4.78 is 14.9. The average Bonchev–Trinajstić information content (AvgIpc) is 2.80. The van der Waals surface area contributed by atoms with Gasteiger partial charge in [-0.3, -0.25) is 9.59 Å². The van der Waals surface area contributed by atoms with Gasteiger partial charge in [-0.05, 0) is 76.3 Å². The minimum atomic E-state index is -0.927. The number of carbonyl (C=O) groups excluding carboxylic acids is 1. The molecular formula is C29H35NO4. The Labute approximate surface area is 204 Å². The van der Waals surface area contributed by atoms with Gasteiger partial charge in [-0.1, -0.05) is 36.5 Å². The van der Waals surface area contributed by atoms with E-state index in [-0.39, 0.29) is 18.4 Å². The molecule has 1 saturated carbocycles. The Morgan fingerprint density at radius 3 is 2.50 bits per heavy atom. The normalized spacial score (nSPS) is 14.4. The van der Waals surface area contributed by atoms with Crippen LogP contribution in [0.4, 0.5) is 0 Å². The Bertz CT molecular complexity index is 1050. The Balaban J connectivity index is 1.67. The lowest BCUT2D eigenvalue weighted by Crippen LogP contribution is -2.36. The fourth-order valence-corrected chi connectivity index (χ4v) is 3.63. The van der Waals surface area contributed by atoms with Crippen molar-refractivity contribution in [2.75, 3.05) is 6.61 Å². The molecule has 0 bridgehead atoms. The van der Waals surface area contributed by atoms with E-state index in [0.29, 0.717) is 35.8 Å². The third-order valence-electron chi connectivity index (χ3n) is 5.94. The van der Waals surface area contributed by atoms with E-state index in [1.165, 1.54) is 19.3 Å². The van der Waals surface area contributed by atoms with Crippen LogP contribution in [0.5, 0.6) is 5.75 Å². The summed E-state index contributed by atoms with van der Waals surface area (Å²) in [4.78, 5) is 25.6. The van der Waals surface area contributed by atoms with Gasteiger partial charge in [-0.25, -0.2) is 0 Å². The van der Waals surface area contributed by atoms with Crippen LogP contribution in [0.2, 0.25) is 0 Å². The fourth-order valence-electron chi connectivity index (χ4n) is 3.63. The van der Waals surface area contributed by atoms with Crippen LogP contribution in [0.3, 0.4) is 0 Å². The number of ether oxygens (including phenoxy) is 1. The first-order chi connectivity index (χ1) is 16.9. The van der Waals surface area contributed by atoms with Crippen molar-refractivity contribution in [3.05, 3.63) is 65.2 Å². The van der Waals surface area contributed by atoms with Gasteiger partial charge in [0.05, 0.1) is 7.98 Å². The van der Waals surface area contributed by atoms with Crippen molar-refractivity contribution >= 4 is 11.9 Å². The molecule has 1 aliphatic rings. The van der Waals surface area contributed by atoms with Crippen molar-refractivity contribution in [2.24, 2.45) is 5.92 Å². The van der Waals surface area contributed by atoms with Crippen LogP contribution in [0.25, 0.3) is 0 Å². The van der Waals surface area contributed by atoms with Crippen molar-refractivity contribution in [1.82, 2.24) is 4.90 Å². The highest BCUT2D eigenvalue weighted by atomic mass is 16.5. The summed E-state index contributed by atoms with van der Waals surface area (Å²) in [6, 6.07) is 14.5. The molecule has 34 heavy (non-hydrogen) atoms. The van der Waals surface area contributed by atoms with E-state index in [0.717, 1.165) is 18.4 Å². The van der Waals surface area contributed by atoms with Gasteiger partial charge in [0.25, 0.3) is 5.91 Å². The number of carboxylic acids is 1. The third-order valence-corrected chi connectivity index (χ3v) is 5.94. The second-order valence-corrected chi connectivity index (χ2v) is 9.00. The van der Waals surface area contributed by atoms with E-state index in [1.54, 1.807) is 17.0 Å². The second-order valence-electron chi connectivity index (χ2n) is 9.00. The number of rotatable bonds is 11. The first kappa shape index (κ1) is 23.9. The van der Waals surface area contributed by atoms with Crippen LogP contribution in [-0.2, 0) is 11.3 Å². The van der Waals surface area contributed by atoms with E-state index in [2.05, 4.69) is 11.8 Å². The predicted octanol–water partition coefficient (Wildman–Crippen LogP) is 5.91. The molecule has 1 N–H and O–H groups in total. The largest absolute Gasteiger partial charge is 0.493 e.